The third-order valence-corrected chi connectivity index (χ3v) is 18.9. The molecule has 90 heavy (non-hydrogen) atoms. The summed E-state index contributed by atoms with van der Waals surface area (Å²) in [7, 11) is 0. The number of fused-ring (bicyclic) bond motifs is 15. The summed E-state index contributed by atoms with van der Waals surface area (Å²) in [6, 6.07) is 116. The predicted octanol–water partition coefficient (Wildman–Crippen LogP) is 24.0. The summed E-state index contributed by atoms with van der Waals surface area (Å²) >= 11 is 0. The third-order valence-electron chi connectivity index (χ3n) is 18.9. The lowest BCUT2D eigenvalue weighted by atomic mass is 9.89. The molecule has 418 valence electrons. The van der Waals surface area contributed by atoms with E-state index in [-0.39, 0.29) is 0 Å². The Hall–Kier alpha value is -12.0. The van der Waals surface area contributed by atoms with Crippen molar-refractivity contribution in [2.24, 2.45) is 0 Å². The maximum Gasteiger partial charge on any atom is 0.135 e. The van der Waals surface area contributed by atoms with Gasteiger partial charge in [0.1, 0.15) is 22.3 Å². The van der Waals surface area contributed by atoms with Gasteiger partial charge in [-0.05, 0) is 192 Å². The van der Waals surface area contributed by atoms with Gasteiger partial charge in [-0.2, -0.15) is 0 Å². The van der Waals surface area contributed by atoms with Gasteiger partial charge in [0.25, 0.3) is 0 Å². The molecule has 19 aromatic rings. The van der Waals surface area contributed by atoms with Crippen LogP contribution in [0.4, 0.5) is 0 Å². The van der Waals surface area contributed by atoms with E-state index in [4.69, 9.17) is 8.83 Å². The quantitative estimate of drug-likeness (QED) is 0.142. The first-order chi connectivity index (χ1) is 44.6. The molecule has 19 rings (SSSR count). The zero-order valence-corrected chi connectivity index (χ0v) is 48.7. The number of furan rings is 2. The molecule has 0 spiro atoms. The molecule has 0 aliphatic rings. The summed E-state index contributed by atoms with van der Waals surface area (Å²) in [5, 5.41) is 14.2. The molecule has 0 fully saturated rings. The molecule has 0 N–H and O–H groups in total. The number of benzene rings is 15. The maximum atomic E-state index is 6.36. The van der Waals surface area contributed by atoms with Crippen molar-refractivity contribution in [3.63, 3.8) is 0 Å². The smallest absolute Gasteiger partial charge is 0.135 e. The van der Waals surface area contributed by atoms with E-state index in [1.54, 1.807) is 0 Å². The SMILES string of the molecule is c1ccc(-c2cccc(-n3c4ccc(-c5cccc(-c6ccc7oc8ccccc8c7c6)c5)cc4c4cc(-c5ccc(-c6ccc7oc8ccccc8c7c6)cc5-c5ccc6c(c5)c5ccccc5n6-c5cc6ccccc6c6ccccc56)ccc43)c2)cc1. The molecule has 4 aromatic heterocycles. The molecule has 4 nitrogen and oxygen atoms in total. The first kappa shape index (κ1) is 50.2. The molecule has 0 radical (unpaired) electrons. The number of nitrogens with zero attached hydrogens (tertiary/aromatic N) is 2. The first-order valence-corrected chi connectivity index (χ1v) is 30.9. The minimum atomic E-state index is 0.883. The highest BCUT2D eigenvalue weighted by Gasteiger charge is 2.22. The van der Waals surface area contributed by atoms with Crippen LogP contribution in [0.5, 0.6) is 0 Å². The zero-order valence-electron chi connectivity index (χ0n) is 48.7. The number of para-hydroxylation sites is 3. The molecule has 0 aliphatic carbocycles. The molecule has 0 saturated heterocycles. The fourth-order valence-electron chi connectivity index (χ4n) is 14.6. The lowest BCUT2D eigenvalue weighted by Gasteiger charge is -2.16. The van der Waals surface area contributed by atoms with Gasteiger partial charge in [-0.1, -0.05) is 206 Å². The van der Waals surface area contributed by atoms with E-state index in [2.05, 4.69) is 306 Å². The van der Waals surface area contributed by atoms with Crippen LogP contribution in [-0.2, 0) is 0 Å². The van der Waals surface area contributed by atoms with E-state index in [0.717, 1.165) is 122 Å². The molecule has 15 aromatic carbocycles. The Morgan fingerprint density at radius 2 is 0.611 bits per heavy atom. The normalized spacial score (nSPS) is 12.0. The van der Waals surface area contributed by atoms with Crippen molar-refractivity contribution in [3.05, 3.63) is 315 Å². The lowest BCUT2D eigenvalue weighted by molar-refractivity contribution is 0.668. The molecule has 0 bridgehead atoms. The Morgan fingerprint density at radius 1 is 0.189 bits per heavy atom. The van der Waals surface area contributed by atoms with Gasteiger partial charge in [0.05, 0.1) is 27.8 Å². The molecule has 0 saturated carbocycles. The van der Waals surface area contributed by atoms with Crippen molar-refractivity contribution in [1.29, 1.82) is 0 Å². The van der Waals surface area contributed by atoms with Gasteiger partial charge in [-0.3, -0.25) is 0 Å². The van der Waals surface area contributed by atoms with E-state index < -0.39 is 0 Å². The minimum absolute atomic E-state index is 0.883. The molecule has 0 aliphatic heterocycles. The molecule has 4 heterocycles. The van der Waals surface area contributed by atoms with E-state index >= 15 is 0 Å². The minimum Gasteiger partial charge on any atom is -0.456 e. The van der Waals surface area contributed by atoms with Crippen molar-refractivity contribution in [3.8, 4) is 78.1 Å². The molecular formula is C86H52N2O2. The largest absolute Gasteiger partial charge is 0.456 e. The molecule has 4 heteroatoms. The fourth-order valence-corrected chi connectivity index (χ4v) is 14.6. The average Bonchev–Trinajstić information content (AvgIpc) is 1.71. The summed E-state index contributed by atoms with van der Waals surface area (Å²) in [6.07, 6.45) is 0. The second-order valence-electron chi connectivity index (χ2n) is 23.9. The third kappa shape index (κ3) is 7.88. The van der Waals surface area contributed by atoms with E-state index in [9.17, 15) is 0 Å². The van der Waals surface area contributed by atoms with Crippen molar-refractivity contribution in [1.82, 2.24) is 9.13 Å². The van der Waals surface area contributed by atoms with Gasteiger partial charge in [0.15, 0.2) is 0 Å². The van der Waals surface area contributed by atoms with Crippen LogP contribution < -0.4 is 0 Å². The zero-order chi connectivity index (χ0) is 59.0. The summed E-state index contributed by atoms with van der Waals surface area (Å²) < 4.78 is 17.5. The van der Waals surface area contributed by atoms with E-state index in [1.807, 2.05) is 18.2 Å². The number of hydrogen-bond acceptors (Lipinski definition) is 2. The molecule has 0 unspecified atom stereocenters. The number of hydrogen-bond donors (Lipinski definition) is 0. The predicted molar refractivity (Wildman–Crippen MR) is 377 cm³/mol. The van der Waals surface area contributed by atoms with Crippen molar-refractivity contribution < 1.29 is 8.83 Å². The van der Waals surface area contributed by atoms with Crippen LogP contribution in [-0.4, -0.2) is 9.13 Å². The highest BCUT2D eigenvalue weighted by Crippen LogP contribution is 2.46. The monoisotopic (exact) mass is 1140 g/mol. The van der Waals surface area contributed by atoms with Gasteiger partial charge in [0, 0.05) is 54.2 Å². The fraction of sp³-hybridized carbons (Fsp3) is 0. The van der Waals surface area contributed by atoms with Crippen molar-refractivity contribution in [2.75, 3.05) is 0 Å². The maximum absolute atomic E-state index is 6.36. The van der Waals surface area contributed by atoms with Crippen LogP contribution in [0.15, 0.2) is 324 Å². The van der Waals surface area contributed by atoms with E-state index in [1.165, 1.54) is 65.4 Å². The van der Waals surface area contributed by atoms with Crippen LogP contribution in [0.1, 0.15) is 0 Å². The summed E-state index contributed by atoms with van der Waals surface area (Å²) in [5.74, 6) is 0. The van der Waals surface area contributed by atoms with Gasteiger partial charge < -0.3 is 18.0 Å². The number of aromatic nitrogens is 2. The molecule has 0 amide bonds. The van der Waals surface area contributed by atoms with Crippen LogP contribution >= 0.6 is 0 Å². The van der Waals surface area contributed by atoms with Gasteiger partial charge in [0.2, 0.25) is 0 Å². The van der Waals surface area contributed by atoms with Crippen LogP contribution in [0.3, 0.4) is 0 Å². The van der Waals surface area contributed by atoms with Crippen molar-refractivity contribution >= 4 is 109 Å². The second-order valence-corrected chi connectivity index (χ2v) is 23.9. The summed E-state index contributed by atoms with van der Waals surface area (Å²) in [6.45, 7) is 0. The Kier molecular flexibility index (Phi) is 11.0. The van der Waals surface area contributed by atoms with Gasteiger partial charge >= 0.3 is 0 Å². The van der Waals surface area contributed by atoms with Crippen LogP contribution in [0, 0.1) is 0 Å². The van der Waals surface area contributed by atoms with Crippen LogP contribution in [0.2, 0.25) is 0 Å². The number of rotatable bonds is 8. The second kappa shape index (κ2) is 19.8. The van der Waals surface area contributed by atoms with Gasteiger partial charge in [-0.15, -0.1) is 0 Å². The highest BCUT2D eigenvalue weighted by atomic mass is 16.3. The Labute approximate surface area is 517 Å². The Balaban J connectivity index is 0.816. The van der Waals surface area contributed by atoms with Crippen LogP contribution in [0.25, 0.3) is 187 Å². The topological polar surface area (TPSA) is 36.1 Å². The Bertz CT molecular complexity index is 6170. The summed E-state index contributed by atoms with van der Waals surface area (Å²) in [5.41, 5.74) is 24.3. The van der Waals surface area contributed by atoms with E-state index in [0.29, 0.717) is 0 Å². The molecule has 0 atom stereocenters. The standard InChI is InChI=1S/C86H52N2O2/c1-2-16-53(17-3-1)56-21-15-22-64(45-56)87-79-39-33-58(54-19-14-20-55(44-54)59-36-42-85-76(48-59)70-27-9-12-30-83(70)89-85)47-74(79)75-50-62(34-40-80(75)87)66-38-32-57(60-37-43-86-77(49-60)71-28-10-13-31-84(71)90-86)46-72(66)63-35-41-81-73(51-63)69-26-8-11-29-78(69)88(81)82-52-61-18-4-5-23-65(61)67-24-6-7-25-68(67)82/h1-52H. The van der Waals surface area contributed by atoms with Crippen molar-refractivity contribution in [2.45, 2.75) is 0 Å². The van der Waals surface area contributed by atoms with Gasteiger partial charge in [-0.25, -0.2) is 0 Å². The average molecular weight is 1150 g/mol. The first-order valence-electron chi connectivity index (χ1n) is 30.9. The highest BCUT2D eigenvalue weighted by molar-refractivity contribution is 6.17. The molecular weight excluding hydrogens is 1090 g/mol. The Morgan fingerprint density at radius 3 is 1.29 bits per heavy atom. The summed E-state index contributed by atoms with van der Waals surface area (Å²) in [4.78, 5) is 0. The lowest BCUT2D eigenvalue weighted by Crippen LogP contribution is -1.96.